The maximum atomic E-state index is 6.02. The second kappa shape index (κ2) is 11.2. The monoisotopic (exact) mass is 421 g/mol. The SMILES string of the molecule is CCOc1cc(CNCCCOC)c(Br)cc1OCc1ccc(C)cc1. The highest BCUT2D eigenvalue weighted by Gasteiger charge is 2.11. The Kier molecular flexibility index (Phi) is 8.95. The molecule has 1 N–H and O–H groups in total. The van der Waals surface area contributed by atoms with Gasteiger partial charge in [0.25, 0.3) is 0 Å². The first-order valence-corrected chi connectivity index (χ1v) is 9.76. The van der Waals surface area contributed by atoms with Gasteiger partial charge < -0.3 is 19.5 Å². The third-order valence-corrected chi connectivity index (χ3v) is 4.68. The van der Waals surface area contributed by atoms with Gasteiger partial charge in [0.1, 0.15) is 6.61 Å². The lowest BCUT2D eigenvalue weighted by Crippen LogP contribution is -2.16. The number of halogens is 1. The van der Waals surface area contributed by atoms with E-state index in [2.05, 4.69) is 52.4 Å². The fourth-order valence-electron chi connectivity index (χ4n) is 2.50. The molecule has 0 saturated carbocycles. The summed E-state index contributed by atoms with van der Waals surface area (Å²) in [5, 5.41) is 3.42. The number of hydrogen-bond acceptors (Lipinski definition) is 4. The minimum atomic E-state index is 0.515. The first kappa shape index (κ1) is 20.7. The first-order chi connectivity index (χ1) is 12.6. The van der Waals surface area contributed by atoms with Crippen LogP contribution in [0.1, 0.15) is 30.0 Å². The summed E-state index contributed by atoms with van der Waals surface area (Å²) in [7, 11) is 1.72. The lowest BCUT2D eigenvalue weighted by Gasteiger charge is -2.15. The van der Waals surface area contributed by atoms with Crippen molar-refractivity contribution in [2.24, 2.45) is 0 Å². The van der Waals surface area contributed by atoms with Gasteiger partial charge in [0.05, 0.1) is 6.61 Å². The highest BCUT2D eigenvalue weighted by atomic mass is 79.9. The molecule has 5 heteroatoms. The van der Waals surface area contributed by atoms with Gasteiger partial charge in [0.15, 0.2) is 11.5 Å². The smallest absolute Gasteiger partial charge is 0.162 e. The molecule has 0 atom stereocenters. The lowest BCUT2D eigenvalue weighted by molar-refractivity contribution is 0.194. The Balaban J connectivity index is 2.03. The minimum absolute atomic E-state index is 0.515. The van der Waals surface area contributed by atoms with E-state index in [0.717, 1.165) is 53.2 Å². The van der Waals surface area contributed by atoms with Crippen LogP contribution in [-0.2, 0) is 17.9 Å². The molecule has 4 nitrogen and oxygen atoms in total. The Hall–Kier alpha value is -1.56. The average molecular weight is 422 g/mol. The number of methoxy groups -OCH3 is 1. The summed E-state index contributed by atoms with van der Waals surface area (Å²) in [6.45, 7) is 7.62. The Labute approximate surface area is 165 Å². The molecular formula is C21H28BrNO3. The van der Waals surface area contributed by atoms with Crippen molar-refractivity contribution in [3.8, 4) is 11.5 Å². The normalized spacial score (nSPS) is 10.8. The fraction of sp³-hybridized carbons (Fsp3) is 0.429. The van der Waals surface area contributed by atoms with Crippen LogP contribution >= 0.6 is 15.9 Å². The summed E-state index contributed by atoms with van der Waals surface area (Å²) in [6, 6.07) is 12.4. The molecule has 0 aliphatic carbocycles. The van der Waals surface area contributed by atoms with Gasteiger partial charge in [-0.25, -0.2) is 0 Å². The Morgan fingerprint density at radius 1 is 1.04 bits per heavy atom. The minimum Gasteiger partial charge on any atom is -0.490 e. The molecule has 0 aliphatic rings. The molecule has 0 heterocycles. The van der Waals surface area contributed by atoms with Gasteiger partial charge in [-0.15, -0.1) is 0 Å². The molecule has 2 aromatic rings. The van der Waals surface area contributed by atoms with E-state index in [9.17, 15) is 0 Å². The second-order valence-corrected chi connectivity index (χ2v) is 6.98. The van der Waals surface area contributed by atoms with E-state index in [1.807, 2.05) is 19.1 Å². The third-order valence-electron chi connectivity index (χ3n) is 3.95. The van der Waals surface area contributed by atoms with Gasteiger partial charge >= 0.3 is 0 Å². The maximum absolute atomic E-state index is 6.02. The van der Waals surface area contributed by atoms with Crippen LogP contribution in [0.4, 0.5) is 0 Å². The van der Waals surface area contributed by atoms with Gasteiger partial charge in [-0.05, 0) is 50.1 Å². The van der Waals surface area contributed by atoms with Crippen LogP contribution in [0.3, 0.4) is 0 Å². The Morgan fingerprint density at radius 2 is 1.77 bits per heavy atom. The summed E-state index contributed by atoms with van der Waals surface area (Å²) in [5.74, 6) is 1.53. The summed E-state index contributed by atoms with van der Waals surface area (Å²) in [6.07, 6.45) is 0.990. The quantitative estimate of drug-likeness (QED) is 0.525. The van der Waals surface area contributed by atoms with Crippen LogP contribution in [0.5, 0.6) is 11.5 Å². The van der Waals surface area contributed by atoms with Crippen molar-refractivity contribution in [1.82, 2.24) is 5.32 Å². The zero-order valence-electron chi connectivity index (χ0n) is 15.8. The maximum Gasteiger partial charge on any atom is 0.162 e. The van der Waals surface area contributed by atoms with E-state index >= 15 is 0 Å². The molecule has 0 radical (unpaired) electrons. The largest absolute Gasteiger partial charge is 0.490 e. The summed E-state index contributed by atoms with van der Waals surface area (Å²) in [4.78, 5) is 0. The van der Waals surface area contributed by atoms with E-state index in [1.165, 1.54) is 5.56 Å². The van der Waals surface area contributed by atoms with E-state index in [-0.39, 0.29) is 0 Å². The molecule has 0 aliphatic heterocycles. The highest BCUT2D eigenvalue weighted by Crippen LogP contribution is 2.34. The molecule has 0 aromatic heterocycles. The van der Waals surface area contributed by atoms with E-state index in [1.54, 1.807) is 7.11 Å². The average Bonchev–Trinajstić information content (AvgIpc) is 2.64. The van der Waals surface area contributed by atoms with E-state index < -0.39 is 0 Å². The zero-order chi connectivity index (χ0) is 18.8. The number of benzene rings is 2. The van der Waals surface area contributed by atoms with Crippen molar-refractivity contribution in [3.63, 3.8) is 0 Å². The fourth-order valence-corrected chi connectivity index (χ4v) is 2.97. The van der Waals surface area contributed by atoms with Gasteiger partial charge in [-0.2, -0.15) is 0 Å². The van der Waals surface area contributed by atoms with Crippen LogP contribution in [0, 0.1) is 6.92 Å². The first-order valence-electron chi connectivity index (χ1n) is 8.97. The van der Waals surface area contributed by atoms with Crippen LogP contribution in [0.25, 0.3) is 0 Å². The summed E-state index contributed by atoms with van der Waals surface area (Å²) in [5.41, 5.74) is 3.53. The van der Waals surface area contributed by atoms with Crippen molar-refractivity contribution in [3.05, 3.63) is 57.6 Å². The molecule has 2 aromatic carbocycles. The van der Waals surface area contributed by atoms with Gasteiger partial charge in [0, 0.05) is 24.7 Å². The molecule has 2 rings (SSSR count). The number of ether oxygens (including phenoxy) is 3. The number of hydrogen-bond donors (Lipinski definition) is 1. The van der Waals surface area contributed by atoms with Gasteiger partial charge in [-0.1, -0.05) is 45.8 Å². The lowest BCUT2D eigenvalue weighted by atomic mass is 10.1. The molecule has 0 saturated heterocycles. The topological polar surface area (TPSA) is 39.7 Å². The standard InChI is InChI=1S/C21H28BrNO3/c1-4-25-20-12-18(14-23-10-5-11-24-3)19(22)13-21(20)26-15-17-8-6-16(2)7-9-17/h6-9,12-13,23H,4-5,10-11,14-15H2,1-3H3. The zero-order valence-corrected chi connectivity index (χ0v) is 17.4. The van der Waals surface area contributed by atoms with Crippen molar-refractivity contribution >= 4 is 15.9 Å². The van der Waals surface area contributed by atoms with Crippen LogP contribution in [0.15, 0.2) is 40.9 Å². The van der Waals surface area contributed by atoms with Crippen LogP contribution in [-0.4, -0.2) is 26.9 Å². The molecule has 0 unspecified atom stereocenters. The van der Waals surface area contributed by atoms with Crippen molar-refractivity contribution in [2.45, 2.75) is 33.4 Å². The number of aryl methyl sites for hydroxylation is 1. The molecule has 26 heavy (non-hydrogen) atoms. The number of nitrogens with one attached hydrogen (secondary N) is 1. The molecular weight excluding hydrogens is 394 g/mol. The van der Waals surface area contributed by atoms with Crippen LogP contribution in [0.2, 0.25) is 0 Å². The molecule has 0 bridgehead atoms. The Morgan fingerprint density at radius 3 is 2.46 bits per heavy atom. The van der Waals surface area contributed by atoms with Crippen molar-refractivity contribution in [2.75, 3.05) is 26.9 Å². The second-order valence-electron chi connectivity index (χ2n) is 6.12. The van der Waals surface area contributed by atoms with Gasteiger partial charge in [0.2, 0.25) is 0 Å². The summed E-state index contributed by atoms with van der Waals surface area (Å²) >= 11 is 3.65. The van der Waals surface area contributed by atoms with Crippen LogP contribution < -0.4 is 14.8 Å². The van der Waals surface area contributed by atoms with Gasteiger partial charge in [-0.3, -0.25) is 0 Å². The molecule has 142 valence electrons. The predicted molar refractivity (Wildman–Crippen MR) is 109 cm³/mol. The molecule has 0 spiro atoms. The third kappa shape index (κ3) is 6.63. The Bertz CT molecular complexity index is 674. The van der Waals surface area contributed by atoms with E-state index in [0.29, 0.717) is 13.2 Å². The van der Waals surface area contributed by atoms with Crippen molar-refractivity contribution in [1.29, 1.82) is 0 Å². The van der Waals surface area contributed by atoms with Crippen molar-refractivity contribution < 1.29 is 14.2 Å². The molecule has 0 fully saturated rings. The predicted octanol–water partition coefficient (Wildman–Crippen LogP) is 4.86. The molecule has 0 amide bonds. The number of rotatable bonds is 11. The summed E-state index contributed by atoms with van der Waals surface area (Å²) < 4.78 is 17.9. The van der Waals surface area contributed by atoms with E-state index in [4.69, 9.17) is 14.2 Å². The highest BCUT2D eigenvalue weighted by molar-refractivity contribution is 9.10.